The summed E-state index contributed by atoms with van der Waals surface area (Å²) in [6.07, 6.45) is 0. The largest absolute Gasteiger partial charge is 0.324 e. The molecular weight excluding hydrogens is 362 g/mol. The lowest BCUT2D eigenvalue weighted by Crippen LogP contribution is -2.35. The molecule has 0 saturated carbocycles. The number of likely N-dealkylation sites (N-methyl/N-ethyl adjacent to an activating group) is 1. The van der Waals surface area contributed by atoms with Gasteiger partial charge in [-0.1, -0.05) is 17.7 Å². The molecule has 2 rings (SSSR count). The van der Waals surface area contributed by atoms with Crippen molar-refractivity contribution in [1.29, 1.82) is 0 Å². The van der Waals surface area contributed by atoms with Crippen LogP contribution in [-0.2, 0) is 14.8 Å². The van der Waals surface area contributed by atoms with E-state index in [1.54, 1.807) is 0 Å². The Morgan fingerprint density at radius 3 is 2.00 bits per heavy atom. The van der Waals surface area contributed by atoms with E-state index < -0.39 is 39.0 Å². The molecule has 26 heavy (non-hydrogen) atoms. The SMILES string of the molecule is Cc1cc(C)c(NC(=O)CN(C)S(=O)(=O)c2cc(F)cc(F)c2)c(C)c1. The molecule has 0 atom stereocenters. The molecule has 2 aromatic rings. The van der Waals surface area contributed by atoms with Crippen molar-refractivity contribution in [1.82, 2.24) is 4.31 Å². The fraction of sp³-hybridized carbons (Fsp3) is 0.278. The highest BCUT2D eigenvalue weighted by atomic mass is 32.2. The average molecular weight is 382 g/mol. The number of sulfonamides is 1. The Morgan fingerprint density at radius 1 is 1.00 bits per heavy atom. The molecule has 0 fully saturated rings. The highest BCUT2D eigenvalue weighted by Crippen LogP contribution is 2.22. The monoisotopic (exact) mass is 382 g/mol. The topological polar surface area (TPSA) is 66.5 Å². The van der Waals surface area contributed by atoms with Crippen molar-refractivity contribution in [3.05, 3.63) is 58.7 Å². The first-order valence-electron chi connectivity index (χ1n) is 7.81. The second-order valence-electron chi connectivity index (χ2n) is 6.19. The second-order valence-corrected chi connectivity index (χ2v) is 8.23. The summed E-state index contributed by atoms with van der Waals surface area (Å²) in [6.45, 7) is 5.12. The van der Waals surface area contributed by atoms with Gasteiger partial charge in [-0.3, -0.25) is 4.79 Å². The summed E-state index contributed by atoms with van der Waals surface area (Å²) in [7, 11) is -3.03. The molecule has 0 saturated heterocycles. The van der Waals surface area contributed by atoms with Crippen LogP contribution in [0.15, 0.2) is 35.2 Å². The van der Waals surface area contributed by atoms with Gasteiger partial charge >= 0.3 is 0 Å². The van der Waals surface area contributed by atoms with E-state index in [1.165, 1.54) is 7.05 Å². The van der Waals surface area contributed by atoms with Crippen LogP contribution in [0.2, 0.25) is 0 Å². The maximum Gasteiger partial charge on any atom is 0.243 e. The minimum Gasteiger partial charge on any atom is -0.324 e. The molecule has 0 aromatic heterocycles. The number of aryl methyl sites for hydroxylation is 3. The number of halogens is 2. The summed E-state index contributed by atoms with van der Waals surface area (Å²) < 4.78 is 52.2. The molecule has 1 amide bonds. The second kappa shape index (κ2) is 7.51. The third kappa shape index (κ3) is 4.44. The van der Waals surface area contributed by atoms with Crippen molar-refractivity contribution in [3.8, 4) is 0 Å². The zero-order valence-electron chi connectivity index (χ0n) is 14.9. The lowest BCUT2D eigenvalue weighted by atomic mass is 10.1. The molecule has 1 N–H and O–H groups in total. The summed E-state index contributed by atoms with van der Waals surface area (Å²) in [5.74, 6) is -2.57. The fourth-order valence-electron chi connectivity index (χ4n) is 2.70. The van der Waals surface area contributed by atoms with Crippen molar-refractivity contribution in [2.45, 2.75) is 25.7 Å². The van der Waals surface area contributed by atoms with Crippen LogP contribution < -0.4 is 5.32 Å². The van der Waals surface area contributed by atoms with Crippen LogP contribution in [-0.4, -0.2) is 32.2 Å². The smallest absolute Gasteiger partial charge is 0.243 e. The van der Waals surface area contributed by atoms with E-state index in [4.69, 9.17) is 0 Å². The van der Waals surface area contributed by atoms with Crippen LogP contribution in [0.25, 0.3) is 0 Å². The highest BCUT2D eigenvalue weighted by molar-refractivity contribution is 7.89. The normalized spacial score (nSPS) is 11.7. The van der Waals surface area contributed by atoms with Crippen molar-refractivity contribution in [2.24, 2.45) is 0 Å². The Morgan fingerprint density at radius 2 is 1.50 bits per heavy atom. The summed E-state index contributed by atoms with van der Waals surface area (Å²) in [5.41, 5.74) is 3.37. The van der Waals surface area contributed by atoms with E-state index in [9.17, 15) is 22.0 Å². The zero-order chi connectivity index (χ0) is 19.6. The van der Waals surface area contributed by atoms with E-state index in [2.05, 4.69) is 5.32 Å². The van der Waals surface area contributed by atoms with Crippen molar-refractivity contribution < 1.29 is 22.0 Å². The van der Waals surface area contributed by atoms with Crippen LogP contribution in [0, 0.1) is 32.4 Å². The highest BCUT2D eigenvalue weighted by Gasteiger charge is 2.24. The number of carbonyl (C=O) groups is 1. The number of nitrogens with zero attached hydrogens (tertiary/aromatic N) is 1. The number of hydrogen-bond acceptors (Lipinski definition) is 3. The van der Waals surface area contributed by atoms with Gasteiger partial charge in [-0.05, 0) is 44.0 Å². The van der Waals surface area contributed by atoms with E-state index in [0.29, 0.717) is 23.9 Å². The van der Waals surface area contributed by atoms with Crippen molar-refractivity contribution in [2.75, 3.05) is 18.9 Å². The summed E-state index contributed by atoms with van der Waals surface area (Å²) in [4.78, 5) is 11.7. The molecule has 2 aromatic carbocycles. The van der Waals surface area contributed by atoms with Crippen LogP contribution in [0.5, 0.6) is 0 Å². The van der Waals surface area contributed by atoms with Gasteiger partial charge in [0, 0.05) is 18.8 Å². The summed E-state index contributed by atoms with van der Waals surface area (Å²) >= 11 is 0. The van der Waals surface area contributed by atoms with Gasteiger partial charge < -0.3 is 5.32 Å². The molecule has 0 bridgehead atoms. The van der Waals surface area contributed by atoms with Gasteiger partial charge in [-0.2, -0.15) is 4.31 Å². The molecular formula is C18H20F2N2O3S. The maximum absolute atomic E-state index is 13.3. The molecule has 0 aliphatic heterocycles. The first kappa shape index (κ1) is 20.0. The number of amides is 1. The van der Waals surface area contributed by atoms with Gasteiger partial charge in [0.15, 0.2) is 0 Å². The number of hydrogen-bond donors (Lipinski definition) is 1. The molecule has 0 heterocycles. The lowest BCUT2D eigenvalue weighted by Gasteiger charge is -2.18. The molecule has 0 aliphatic carbocycles. The van der Waals surface area contributed by atoms with Gasteiger partial charge in [-0.15, -0.1) is 0 Å². The number of carbonyl (C=O) groups excluding carboxylic acids is 1. The van der Waals surface area contributed by atoms with Crippen molar-refractivity contribution >= 4 is 21.6 Å². The fourth-order valence-corrected chi connectivity index (χ4v) is 3.87. The minimum atomic E-state index is -4.21. The Kier molecular flexibility index (Phi) is 5.77. The average Bonchev–Trinajstić information content (AvgIpc) is 2.49. The Labute approximate surface area is 151 Å². The number of nitrogens with one attached hydrogen (secondary N) is 1. The van der Waals surface area contributed by atoms with Gasteiger partial charge in [0.25, 0.3) is 0 Å². The van der Waals surface area contributed by atoms with Gasteiger partial charge in [0.2, 0.25) is 15.9 Å². The molecule has 8 heteroatoms. The summed E-state index contributed by atoms with van der Waals surface area (Å²) in [6, 6.07) is 5.80. The lowest BCUT2D eigenvalue weighted by molar-refractivity contribution is -0.116. The molecule has 5 nitrogen and oxygen atoms in total. The summed E-state index contributed by atoms with van der Waals surface area (Å²) in [5, 5.41) is 2.69. The quantitative estimate of drug-likeness (QED) is 0.864. The predicted molar refractivity (Wildman–Crippen MR) is 95.5 cm³/mol. The predicted octanol–water partition coefficient (Wildman–Crippen LogP) is 3.15. The maximum atomic E-state index is 13.3. The molecule has 0 spiro atoms. The van der Waals surface area contributed by atoms with Gasteiger partial charge in [0.05, 0.1) is 11.4 Å². The number of rotatable bonds is 5. The minimum absolute atomic E-state index is 0.493. The van der Waals surface area contributed by atoms with E-state index in [-0.39, 0.29) is 0 Å². The third-order valence-electron chi connectivity index (χ3n) is 3.85. The Bertz CT molecular complexity index is 916. The third-order valence-corrected chi connectivity index (χ3v) is 5.63. The number of benzene rings is 2. The van der Waals surface area contributed by atoms with Gasteiger partial charge in [0.1, 0.15) is 11.6 Å². The Hall–Kier alpha value is -2.32. The first-order valence-corrected chi connectivity index (χ1v) is 9.25. The van der Waals surface area contributed by atoms with Crippen LogP contribution in [0.1, 0.15) is 16.7 Å². The molecule has 140 valence electrons. The number of anilines is 1. The van der Waals surface area contributed by atoms with Gasteiger partial charge in [-0.25, -0.2) is 17.2 Å². The zero-order valence-corrected chi connectivity index (χ0v) is 15.7. The standard InChI is InChI=1S/C18H20F2N2O3S/c1-11-5-12(2)18(13(3)6-11)21-17(23)10-22(4)26(24,25)16-8-14(19)7-15(20)9-16/h5-9H,10H2,1-4H3,(H,21,23). The first-order chi connectivity index (χ1) is 12.0. The molecule has 0 radical (unpaired) electrons. The van der Waals surface area contributed by atoms with Crippen LogP contribution >= 0.6 is 0 Å². The molecule has 0 unspecified atom stereocenters. The van der Waals surface area contributed by atoms with Crippen molar-refractivity contribution in [3.63, 3.8) is 0 Å². The van der Waals surface area contributed by atoms with E-state index in [0.717, 1.165) is 21.0 Å². The van der Waals surface area contributed by atoms with E-state index in [1.807, 2.05) is 32.9 Å². The van der Waals surface area contributed by atoms with E-state index >= 15 is 0 Å². The van der Waals surface area contributed by atoms with Crippen LogP contribution in [0.3, 0.4) is 0 Å². The van der Waals surface area contributed by atoms with Crippen LogP contribution in [0.4, 0.5) is 14.5 Å². The Balaban J connectivity index is 2.18. The molecule has 0 aliphatic rings.